The summed E-state index contributed by atoms with van der Waals surface area (Å²) in [5, 5.41) is 0. The Hall–Kier alpha value is -0.570. The van der Waals surface area contributed by atoms with Crippen LogP contribution in [0.3, 0.4) is 0 Å². The van der Waals surface area contributed by atoms with Gasteiger partial charge >= 0.3 is 0 Å². The lowest BCUT2D eigenvalue weighted by atomic mass is 10.00. The zero-order valence-electron chi connectivity index (χ0n) is 5.92. The Kier molecular flexibility index (Phi) is 3.24. The molecule has 1 amide bonds. The predicted molar refractivity (Wildman–Crippen MR) is 36.6 cm³/mol. The minimum absolute atomic E-state index is 0.197. The lowest BCUT2D eigenvalue weighted by Gasteiger charge is -2.13. The molecule has 54 valence electrons. The Morgan fingerprint density at radius 3 is 2.22 bits per heavy atom. The lowest BCUT2D eigenvalue weighted by molar-refractivity contribution is -0.120. The van der Waals surface area contributed by atoms with Crippen molar-refractivity contribution in [1.29, 1.82) is 0 Å². The maximum absolute atomic E-state index is 10.4. The second-order valence-electron chi connectivity index (χ2n) is 2.31. The number of hydrogen-bond donors (Lipinski definition) is 2. The molecule has 0 radical (unpaired) electrons. The summed E-state index contributed by atoms with van der Waals surface area (Å²) < 4.78 is 0. The Balaban J connectivity index is 3.72. The standard InChI is InChI=1S/C6H14N2O/c1-3-4(2)5(7)6(8)9/h4-5H,3,7H2,1-2H3,(H2,8,9)/t4-,5?/m1/s1. The highest BCUT2D eigenvalue weighted by atomic mass is 16.1. The summed E-state index contributed by atoms with van der Waals surface area (Å²) in [5.41, 5.74) is 10.3. The van der Waals surface area contributed by atoms with Crippen LogP contribution in [-0.2, 0) is 4.79 Å². The van der Waals surface area contributed by atoms with Gasteiger partial charge in [-0.3, -0.25) is 4.79 Å². The van der Waals surface area contributed by atoms with Crippen LogP contribution in [0, 0.1) is 5.92 Å². The molecule has 0 fully saturated rings. The summed E-state index contributed by atoms with van der Waals surface area (Å²) in [5.74, 6) is -0.216. The molecule has 1 unspecified atom stereocenters. The number of nitrogens with two attached hydrogens (primary N) is 2. The van der Waals surface area contributed by atoms with Crippen molar-refractivity contribution in [2.45, 2.75) is 26.3 Å². The van der Waals surface area contributed by atoms with Crippen LogP contribution in [0.25, 0.3) is 0 Å². The molecule has 9 heavy (non-hydrogen) atoms. The van der Waals surface area contributed by atoms with Gasteiger partial charge in [0, 0.05) is 0 Å². The van der Waals surface area contributed by atoms with E-state index in [-0.39, 0.29) is 5.92 Å². The highest BCUT2D eigenvalue weighted by Crippen LogP contribution is 2.03. The minimum Gasteiger partial charge on any atom is -0.368 e. The molecular formula is C6H14N2O. The first kappa shape index (κ1) is 8.43. The predicted octanol–water partition coefficient (Wildman–Crippen LogP) is -0.155. The van der Waals surface area contributed by atoms with E-state index in [0.29, 0.717) is 0 Å². The average molecular weight is 130 g/mol. The van der Waals surface area contributed by atoms with Crippen molar-refractivity contribution >= 4 is 5.91 Å². The molecule has 0 aromatic carbocycles. The van der Waals surface area contributed by atoms with E-state index in [9.17, 15) is 4.79 Å². The van der Waals surface area contributed by atoms with E-state index < -0.39 is 11.9 Å². The third-order valence-corrected chi connectivity index (χ3v) is 1.59. The molecule has 0 bridgehead atoms. The highest BCUT2D eigenvalue weighted by molar-refractivity contribution is 5.79. The van der Waals surface area contributed by atoms with Gasteiger partial charge in [-0.15, -0.1) is 0 Å². The largest absolute Gasteiger partial charge is 0.368 e. The Morgan fingerprint density at radius 2 is 2.11 bits per heavy atom. The number of primary amides is 1. The van der Waals surface area contributed by atoms with Gasteiger partial charge in [-0.25, -0.2) is 0 Å². The van der Waals surface area contributed by atoms with Crippen LogP contribution in [0.5, 0.6) is 0 Å². The van der Waals surface area contributed by atoms with Crippen molar-refractivity contribution in [2.75, 3.05) is 0 Å². The third-order valence-electron chi connectivity index (χ3n) is 1.59. The minimum atomic E-state index is -0.477. The summed E-state index contributed by atoms with van der Waals surface area (Å²) >= 11 is 0. The van der Waals surface area contributed by atoms with Crippen LogP contribution in [0.2, 0.25) is 0 Å². The molecule has 0 aliphatic heterocycles. The van der Waals surface area contributed by atoms with Gasteiger partial charge in [0.25, 0.3) is 0 Å². The van der Waals surface area contributed by atoms with Crippen LogP contribution in [0.1, 0.15) is 20.3 Å². The third kappa shape index (κ3) is 2.46. The Morgan fingerprint density at radius 1 is 1.67 bits per heavy atom. The summed E-state index contributed by atoms with van der Waals surface area (Å²) in [6.45, 7) is 3.89. The molecule has 0 saturated heterocycles. The lowest BCUT2D eigenvalue weighted by Crippen LogP contribution is -2.41. The SMILES string of the molecule is CC[C@@H](C)C(N)C(N)=O. The monoisotopic (exact) mass is 130 g/mol. The molecule has 0 aliphatic rings. The first-order valence-electron chi connectivity index (χ1n) is 3.14. The zero-order chi connectivity index (χ0) is 7.44. The first-order chi connectivity index (χ1) is 4.09. The molecule has 0 aliphatic carbocycles. The van der Waals surface area contributed by atoms with E-state index in [1.807, 2.05) is 13.8 Å². The van der Waals surface area contributed by atoms with Crippen LogP contribution < -0.4 is 11.5 Å². The fraction of sp³-hybridized carbons (Fsp3) is 0.833. The van der Waals surface area contributed by atoms with Gasteiger partial charge < -0.3 is 11.5 Å². The van der Waals surface area contributed by atoms with Crippen molar-refractivity contribution in [3.63, 3.8) is 0 Å². The van der Waals surface area contributed by atoms with Crippen molar-refractivity contribution in [1.82, 2.24) is 0 Å². The van der Waals surface area contributed by atoms with E-state index in [2.05, 4.69) is 0 Å². The molecule has 4 N–H and O–H groups in total. The number of amides is 1. The van der Waals surface area contributed by atoms with Crippen molar-refractivity contribution in [3.8, 4) is 0 Å². The number of hydrogen-bond acceptors (Lipinski definition) is 2. The van der Waals surface area contributed by atoms with E-state index in [1.54, 1.807) is 0 Å². The fourth-order valence-electron chi connectivity index (χ4n) is 0.534. The Labute approximate surface area is 55.4 Å². The van der Waals surface area contributed by atoms with E-state index in [1.165, 1.54) is 0 Å². The second-order valence-corrected chi connectivity index (χ2v) is 2.31. The Bertz CT molecular complexity index is 103. The molecule has 0 saturated carbocycles. The maximum atomic E-state index is 10.4. The van der Waals surface area contributed by atoms with E-state index >= 15 is 0 Å². The first-order valence-corrected chi connectivity index (χ1v) is 3.14. The van der Waals surface area contributed by atoms with Gasteiger partial charge in [0.05, 0.1) is 6.04 Å². The van der Waals surface area contributed by atoms with Crippen molar-refractivity contribution in [3.05, 3.63) is 0 Å². The zero-order valence-corrected chi connectivity index (χ0v) is 5.92. The molecule has 0 aromatic rings. The maximum Gasteiger partial charge on any atom is 0.234 e. The van der Waals surface area contributed by atoms with Crippen LogP contribution in [0.4, 0.5) is 0 Å². The van der Waals surface area contributed by atoms with Gasteiger partial charge in [0.2, 0.25) is 5.91 Å². The number of carbonyl (C=O) groups excluding carboxylic acids is 1. The quantitative estimate of drug-likeness (QED) is 0.557. The summed E-state index contributed by atoms with van der Waals surface area (Å²) in [6.07, 6.45) is 0.893. The van der Waals surface area contributed by atoms with Gasteiger partial charge in [0.15, 0.2) is 0 Å². The molecular weight excluding hydrogens is 116 g/mol. The molecule has 3 nitrogen and oxygen atoms in total. The summed E-state index contributed by atoms with van der Waals surface area (Å²) in [6, 6.07) is -0.477. The molecule has 0 aromatic heterocycles. The average Bonchev–Trinajstić information content (AvgIpc) is 1.84. The summed E-state index contributed by atoms with van der Waals surface area (Å²) in [4.78, 5) is 10.4. The van der Waals surface area contributed by atoms with Crippen molar-refractivity contribution < 1.29 is 4.79 Å². The highest BCUT2D eigenvalue weighted by Gasteiger charge is 2.15. The number of carbonyl (C=O) groups is 1. The van der Waals surface area contributed by atoms with Gasteiger partial charge in [-0.1, -0.05) is 20.3 Å². The number of rotatable bonds is 3. The van der Waals surface area contributed by atoms with Crippen LogP contribution >= 0.6 is 0 Å². The molecule has 0 rings (SSSR count). The smallest absolute Gasteiger partial charge is 0.234 e. The van der Waals surface area contributed by atoms with Gasteiger partial charge in [-0.2, -0.15) is 0 Å². The summed E-state index contributed by atoms with van der Waals surface area (Å²) in [7, 11) is 0. The van der Waals surface area contributed by atoms with E-state index in [4.69, 9.17) is 11.5 Å². The molecule has 3 heteroatoms. The topological polar surface area (TPSA) is 69.1 Å². The van der Waals surface area contributed by atoms with Crippen LogP contribution in [0.15, 0.2) is 0 Å². The second kappa shape index (κ2) is 3.45. The fourth-order valence-corrected chi connectivity index (χ4v) is 0.534. The normalized spacial score (nSPS) is 16.8. The van der Waals surface area contributed by atoms with Gasteiger partial charge in [-0.05, 0) is 5.92 Å². The molecule has 0 heterocycles. The van der Waals surface area contributed by atoms with Crippen molar-refractivity contribution in [2.24, 2.45) is 17.4 Å². The van der Waals surface area contributed by atoms with Crippen LogP contribution in [-0.4, -0.2) is 11.9 Å². The van der Waals surface area contributed by atoms with Gasteiger partial charge in [0.1, 0.15) is 0 Å². The molecule has 2 atom stereocenters. The van der Waals surface area contributed by atoms with E-state index in [0.717, 1.165) is 6.42 Å². The molecule has 0 spiro atoms.